The number of aromatic nitrogens is 2. The molecule has 1 aliphatic heterocycles. The van der Waals surface area contributed by atoms with Gasteiger partial charge in [-0.25, -0.2) is 0 Å². The van der Waals surface area contributed by atoms with Crippen LogP contribution in [-0.2, 0) is 13.5 Å². The van der Waals surface area contributed by atoms with E-state index in [0.29, 0.717) is 17.5 Å². The van der Waals surface area contributed by atoms with Gasteiger partial charge in [0.05, 0.1) is 5.69 Å². The van der Waals surface area contributed by atoms with Crippen LogP contribution in [0.1, 0.15) is 49.3 Å². The molecule has 1 aromatic heterocycles. The first-order chi connectivity index (χ1) is 10.5. The van der Waals surface area contributed by atoms with E-state index >= 15 is 0 Å². The minimum atomic E-state index is -0.00540. The van der Waals surface area contributed by atoms with Gasteiger partial charge in [-0.15, -0.1) is 0 Å². The largest absolute Gasteiger partial charge is 0.351 e. The lowest BCUT2D eigenvalue weighted by Gasteiger charge is -2.29. The molecule has 0 aromatic carbocycles. The quantitative estimate of drug-likeness (QED) is 0.875. The van der Waals surface area contributed by atoms with Crippen LogP contribution in [-0.4, -0.2) is 47.3 Å². The summed E-state index contributed by atoms with van der Waals surface area (Å²) in [5.41, 5.74) is 1.66. The zero-order valence-electron chi connectivity index (χ0n) is 14.4. The molecule has 1 fully saturated rings. The summed E-state index contributed by atoms with van der Waals surface area (Å²) in [4.78, 5) is 14.7. The lowest BCUT2D eigenvalue weighted by Crippen LogP contribution is -2.34. The third kappa shape index (κ3) is 4.83. The van der Waals surface area contributed by atoms with Gasteiger partial charge in [-0.05, 0) is 57.2 Å². The maximum absolute atomic E-state index is 12.3. The second-order valence-electron chi connectivity index (χ2n) is 7.06. The molecule has 1 atom stereocenters. The van der Waals surface area contributed by atoms with Crippen molar-refractivity contribution >= 4 is 5.91 Å². The van der Waals surface area contributed by atoms with Gasteiger partial charge in [0, 0.05) is 20.1 Å². The van der Waals surface area contributed by atoms with E-state index in [1.807, 2.05) is 13.1 Å². The van der Waals surface area contributed by atoms with Crippen molar-refractivity contribution in [3.63, 3.8) is 0 Å². The summed E-state index contributed by atoms with van der Waals surface area (Å²) in [6, 6.07) is 1.92. The van der Waals surface area contributed by atoms with Crippen LogP contribution >= 0.6 is 0 Å². The number of carbonyl (C=O) groups is 1. The Kier molecular flexibility index (Phi) is 6.00. The highest BCUT2D eigenvalue weighted by atomic mass is 16.2. The predicted octanol–water partition coefficient (Wildman–Crippen LogP) is 2.08. The number of likely N-dealkylation sites (tertiary alicyclic amines) is 1. The van der Waals surface area contributed by atoms with Crippen LogP contribution in [0.3, 0.4) is 0 Å². The number of aryl methyl sites for hydroxylation is 1. The molecule has 1 amide bonds. The fourth-order valence-electron chi connectivity index (χ4n) is 3.25. The van der Waals surface area contributed by atoms with Crippen molar-refractivity contribution in [2.75, 3.05) is 26.7 Å². The SMILES string of the molecule is CC(C)Cc1cc(C(=O)NCC[C@H]2CCCN(C)C2)n(C)n1. The second-order valence-corrected chi connectivity index (χ2v) is 7.06. The van der Waals surface area contributed by atoms with Gasteiger partial charge in [0.1, 0.15) is 5.69 Å². The van der Waals surface area contributed by atoms with E-state index < -0.39 is 0 Å². The maximum atomic E-state index is 12.3. The highest BCUT2D eigenvalue weighted by molar-refractivity contribution is 5.92. The molecule has 1 N–H and O–H groups in total. The molecule has 0 unspecified atom stereocenters. The number of piperidine rings is 1. The Morgan fingerprint density at radius 2 is 2.23 bits per heavy atom. The minimum absolute atomic E-state index is 0.00540. The van der Waals surface area contributed by atoms with Crippen molar-refractivity contribution in [1.82, 2.24) is 20.0 Å². The van der Waals surface area contributed by atoms with E-state index in [1.54, 1.807) is 4.68 Å². The summed E-state index contributed by atoms with van der Waals surface area (Å²) < 4.78 is 1.70. The molecule has 1 aliphatic rings. The van der Waals surface area contributed by atoms with Crippen molar-refractivity contribution in [1.29, 1.82) is 0 Å². The normalized spacial score (nSPS) is 19.6. The van der Waals surface area contributed by atoms with Gasteiger partial charge in [0.2, 0.25) is 0 Å². The van der Waals surface area contributed by atoms with E-state index in [-0.39, 0.29) is 5.91 Å². The van der Waals surface area contributed by atoms with Crippen LogP contribution in [0.25, 0.3) is 0 Å². The third-order valence-electron chi connectivity index (χ3n) is 4.34. The smallest absolute Gasteiger partial charge is 0.269 e. The van der Waals surface area contributed by atoms with Crippen molar-refractivity contribution in [2.45, 2.75) is 39.5 Å². The fourth-order valence-corrected chi connectivity index (χ4v) is 3.25. The Labute approximate surface area is 134 Å². The Bertz CT molecular complexity index is 495. The van der Waals surface area contributed by atoms with Crippen LogP contribution in [0.2, 0.25) is 0 Å². The summed E-state index contributed by atoms with van der Waals surface area (Å²) >= 11 is 0. The molecule has 2 rings (SSSR count). The van der Waals surface area contributed by atoms with Crippen LogP contribution in [0, 0.1) is 11.8 Å². The van der Waals surface area contributed by atoms with Crippen molar-refractivity contribution < 1.29 is 4.79 Å². The molecule has 5 heteroatoms. The Balaban J connectivity index is 1.80. The molecular formula is C17H30N4O. The highest BCUT2D eigenvalue weighted by Gasteiger charge is 2.18. The fraction of sp³-hybridized carbons (Fsp3) is 0.765. The van der Waals surface area contributed by atoms with Gasteiger partial charge in [0.15, 0.2) is 0 Å². The number of hydrogen-bond donors (Lipinski definition) is 1. The van der Waals surface area contributed by atoms with E-state index in [4.69, 9.17) is 0 Å². The number of amides is 1. The molecule has 0 aliphatic carbocycles. The molecule has 5 nitrogen and oxygen atoms in total. The van der Waals surface area contributed by atoms with Gasteiger partial charge in [-0.1, -0.05) is 13.8 Å². The number of nitrogens with one attached hydrogen (secondary N) is 1. The van der Waals surface area contributed by atoms with E-state index in [2.05, 4.69) is 36.2 Å². The summed E-state index contributed by atoms with van der Waals surface area (Å²) in [6.45, 7) is 7.43. The summed E-state index contributed by atoms with van der Waals surface area (Å²) in [5, 5.41) is 7.48. The molecule has 124 valence electrons. The first kappa shape index (κ1) is 17.0. The van der Waals surface area contributed by atoms with Crippen LogP contribution in [0.5, 0.6) is 0 Å². The molecule has 22 heavy (non-hydrogen) atoms. The van der Waals surface area contributed by atoms with Crippen LogP contribution in [0.15, 0.2) is 6.07 Å². The number of hydrogen-bond acceptors (Lipinski definition) is 3. The third-order valence-corrected chi connectivity index (χ3v) is 4.34. The summed E-state index contributed by atoms with van der Waals surface area (Å²) in [6.07, 6.45) is 4.53. The molecule has 1 saturated heterocycles. The van der Waals surface area contributed by atoms with Crippen LogP contribution in [0.4, 0.5) is 0 Å². The molecule has 1 aromatic rings. The van der Waals surface area contributed by atoms with Gasteiger partial charge in [0.25, 0.3) is 5.91 Å². The summed E-state index contributed by atoms with van der Waals surface area (Å²) in [7, 11) is 4.02. The number of nitrogens with zero attached hydrogens (tertiary/aromatic N) is 3. The van der Waals surface area contributed by atoms with E-state index in [0.717, 1.165) is 31.6 Å². The average molecular weight is 306 g/mol. The number of rotatable bonds is 6. The lowest BCUT2D eigenvalue weighted by molar-refractivity contribution is 0.0939. The number of carbonyl (C=O) groups excluding carboxylic acids is 1. The molecular weight excluding hydrogens is 276 g/mol. The molecule has 0 spiro atoms. The Morgan fingerprint density at radius 1 is 1.45 bits per heavy atom. The van der Waals surface area contributed by atoms with Crippen molar-refractivity contribution in [3.8, 4) is 0 Å². The van der Waals surface area contributed by atoms with Crippen molar-refractivity contribution in [2.24, 2.45) is 18.9 Å². The Hall–Kier alpha value is -1.36. The average Bonchev–Trinajstić information content (AvgIpc) is 2.78. The zero-order valence-corrected chi connectivity index (χ0v) is 14.4. The molecule has 0 saturated carbocycles. The molecule has 0 bridgehead atoms. The molecule has 0 radical (unpaired) electrons. The van der Waals surface area contributed by atoms with Gasteiger partial charge in [-0.2, -0.15) is 5.10 Å². The predicted molar refractivity (Wildman–Crippen MR) is 88.9 cm³/mol. The van der Waals surface area contributed by atoms with E-state index in [9.17, 15) is 4.79 Å². The summed E-state index contributed by atoms with van der Waals surface area (Å²) in [5.74, 6) is 1.25. The highest BCUT2D eigenvalue weighted by Crippen LogP contribution is 2.17. The maximum Gasteiger partial charge on any atom is 0.269 e. The van der Waals surface area contributed by atoms with Crippen LogP contribution < -0.4 is 5.32 Å². The van der Waals surface area contributed by atoms with Gasteiger partial charge >= 0.3 is 0 Å². The first-order valence-corrected chi connectivity index (χ1v) is 8.45. The Morgan fingerprint density at radius 3 is 2.91 bits per heavy atom. The zero-order chi connectivity index (χ0) is 16.1. The van der Waals surface area contributed by atoms with E-state index in [1.165, 1.54) is 19.4 Å². The monoisotopic (exact) mass is 306 g/mol. The minimum Gasteiger partial charge on any atom is -0.351 e. The standard InChI is InChI=1S/C17H30N4O/c1-13(2)10-15-11-16(21(4)19-15)17(22)18-8-7-14-6-5-9-20(3)12-14/h11,13-14H,5-10,12H2,1-4H3,(H,18,22)/t14-/m1/s1. The molecule has 2 heterocycles. The van der Waals surface area contributed by atoms with Gasteiger partial charge in [-0.3, -0.25) is 9.48 Å². The topological polar surface area (TPSA) is 50.2 Å². The van der Waals surface area contributed by atoms with Gasteiger partial charge < -0.3 is 10.2 Å². The second kappa shape index (κ2) is 7.77. The lowest BCUT2D eigenvalue weighted by atomic mass is 9.95. The first-order valence-electron chi connectivity index (χ1n) is 8.45. The van der Waals surface area contributed by atoms with Crippen molar-refractivity contribution in [3.05, 3.63) is 17.5 Å².